The number of sulfonamides is 1. The second-order valence-corrected chi connectivity index (χ2v) is 9.81. The molecule has 8 unspecified atom stereocenters. The van der Waals surface area contributed by atoms with E-state index in [1.165, 1.54) is 12.8 Å². The summed E-state index contributed by atoms with van der Waals surface area (Å²) in [7, 11) is -3.67. The van der Waals surface area contributed by atoms with Crippen molar-refractivity contribution < 1.29 is 8.42 Å². The zero-order valence-electron chi connectivity index (χ0n) is 13.0. The van der Waals surface area contributed by atoms with Gasteiger partial charge in [-0.3, -0.25) is 0 Å². The van der Waals surface area contributed by atoms with E-state index >= 15 is 0 Å². The summed E-state index contributed by atoms with van der Waals surface area (Å²) in [5, 5.41) is 4.37. The highest BCUT2D eigenvalue weighted by Gasteiger charge is 2.79. The molecule has 6 rings (SSSR count). The quantitative estimate of drug-likeness (QED) is 0.801. The van der Waals surface area contributed by atoms with Crippen molar-refractivity contribution in [2.75, 3.05) is 0 Å². The third-order valence-electron chi connectivity index (χ3n) is 7.63. The molecule has 8 atom stereocenters. The van der Waals surface area contributed by atoms with Gasteiger partial charge in [-0.1, -0.05) is 17.7 Å². The number of fused-ring (bicyclic) bond motifs is 2. The monoisotopic (exact) mass is 327 g/mol. The van der Waals surface area contributed by atoms with Crippen LogP contribution in [-0.2, 0) is 10.0 Å². The summed E-state index contributed by atoms with van der Waals surface area (Å²) in [5.41, 5.74) is 2.19. The van der Waals surface area contributed by atoms with Crippen molar-refractivity contribution in [2.45, 2.75) is 24.7 Å². The molecule has 5 saturated carbocycles. The Bertz CT molecular complexity index is 838. The normalized spacial score (nSPS) is 49.2. The minimum atomic E-state index is -3.67. The number of hydrogen-bond acceptors (Lipinski definition) is 3. The molecule has 0 spiro atoms. The van der Waals surface area contributed by atoms with Crippen molar-refractivity contribution in [3.8, 4) is 0 Å². The van der Waals surface area contributed by atoms with Crippen LogP contribution in [0, 0.1) is 54.3 Å². The lowest BCUT2D eigenvalue weighted by atomic mass is 9.59. The van der Waals surface area contributed by atoms with Crippen LogP contribution >= 0.6 is 0 Å². The molecule has 5 aliphatic rings. The van der Waals surface area contributed by atoms with Gasteiger partial charge in [0.1, 0.15) is 10.0 Å². The van der Waals surface area contributed by atoms with E-state index < -0.39 is 10.0 Å². The Morgan fingerprint density at radius 2 is 1.65 bits per heavy atom. The van der Waals surface area contributed by atoms with Gasteiger partial charge in [-0.15, -0.1) is 0 Å². The summed E-state index contributed by atoms with van der Waals surface area (Å²) >= 11 is 0. The fraction of sp³-hybridized carbons (Fsp3) is 0.611. The standard InChI is InChI=1S/C18H19N2O2S/c1-8-2-4-9(5-3-8)23(21,22)20-19-18-15-11-7-12-14-10(11)6-13(15)16(14)17(12)18/h2-5,10-17H,6-7H2,1H3/q-1/b19-18+. The Balaban J connectivity index is 1.33. The molecule has 5 aliphatic carbocycles. The van der Waals surface area contributed by atoms with Gasteiger partial charge in [0.25, 0.3) is 0 Å². The Morgan fingerprint density at radius 1 is 0.957 bits per heavy atom. The lowest BCUT2D eigenvalue weighted by molar-refractivity contribution is 0.0504. The maximum atomic E-state index is 12.4. The maximum Gasteiger partial charge on any atom is 0.135 e. The average molecular weight is 327 g/mol. The average Bonchev–Trinajstić information content (AvgIpc) is 3.05. The van der Waals surface area contributed by atoms with Crippen LogP contribution in [0.1, 0.15) is 18.4 Å². The highest BCUT2D eigenvalue weighted by Crippen LogP contribution is 2.82. The first kappa shape index (κ1) is 13.0. The lowest BCUT2D eigenvalue weighted by Gasteiger charge is -2.45. The molecule has 0 radical (unpaired) electrons. The van der Waals surface area contributed by atoms with Gasteiger partial charge in [0, 0.05) is 17.5 Å². The van der Waals surface area contributed by atoms with E-state index in [0.29, 0.717) is 11.8 Å². The summed E-state index contributed by atoms with van der Waals surface area (Å²) in [6, 6.07) is 6.85. The zero-order chi connectivity index (χ0) is 15.5. The molecule has 5 heteroatoms. The van der Waals surface area contributed by atoms with Gasteiger partial charge in [-0.05, 0) is 67.4 Å². The molecule has 0 N–H and O–H groups in total. The number of hydrogen-bond donors (Lipinski definition) is 0. The van der Waals surface area contributed by atoms with Crippen molar-refractivity contribution in [1.82, 2.24) is 0 Å². The second kappa shape index (κ2) is 3.82. The first-order valence-corrected chi connectivity index (χ1v) is 10.1. The summed E-state index contributed by atoms with van der Waals surface area (Å²) in [4.78, 5) is 4.09. The first-order chi connectivity index (χ1) is 11.1. The molecule has 0 saturated heterocycles. The Morgan fingerprint density at radius 3 is 2.43 bits per heavy atom. The van der Waals surface area contributed by atoms with Crippen LogP contribution in [0.4, 0.5) is 0 Å². The summed E-state index contributed by atoms with van der Waals surface area (Å²) in [5.74, 6) is 6.22. The highest BCUT2D eigenvalue weighted by molar-refractivity contribution is 7.93. The van der Waals surface area contributed by atoms with E-state index in [0.717, 1.165) is 46.8 Å². The summed E-state index contributed by atoms with van der Waals surface area (Å²) in [6.07, 6.45) is 2.75. The third-order valence-corrected chi connectivity index (χ3v) is 8.79. The summed E-state index contributed by atoms with van der Waals surface area (Å²) < 4.78 is 24.8. The predicted molar refractivity (Wildman–Crippen MR) is 86.3 cm³/mol. The lowest BCUT2D eigenvalue weighted by Crippen LogP contribution is -2.44. The Hall–Kier alpha value is -1.36. The minimum Gasteiger partial charge on any atom is -0.491 e. The molecule has 0 aliphatic heterocycles. The molecule has 1 aromatic rings. The molecule has 120 valence electrons. The van der Waals surface area contributed by atoms with Crippen LogP contribution < -0.4 is 0 Å². The zero-order valence-corrected chi connectivity index (χ0v) is 13.8. The largest absolute Gasteiger partial charge is 0.491 e. The van der Waals surface area contributed by atoms with Gasteiger partial charge in [0.15, 0.2) is 0 Å². The topological polar surface area (TPSA) is 60.6 Å². The second-order valence-electron chi connectivity index (χ2n) is 8.23. The highest BCUT2D eigenvalue weighted by atomic mass is 32.2. The van der Waals surface area contributed by atoms with Gasteiger partial charge in [0.2, 0.25) is 0 Å². The number of rotatable bonds is 3. The third kappa shape index (κ3) is 1.36. The van der Waals surface area contributed by atoms with E-state index in [-0.39, 0.29) is 4.90 Å². The van der Waals surface area contributed by atoms with Crippen molar-refractivity contribution in [3.63, 3.8) is 0 Å². The predicted octanol–water partition coefficient (Wildman–Crippen LogP) is 3.19. The van der Waals surface area contributed by atoms with E-state index in [2.05, 4.69) is 9.93 Å². The molecule has 23 heavy (non-hydrogen) atoms. The van der Waals surface area contributed by atoms with Crippen molar-refractivity contribution in [1.29, 1.82) is 0 Å². The van der Waals surface area contributed by atoms with E-state index in [9.17, 15) is 8.42 Å². The van der Waals surface area contributed by atoms with E-state index in [4.69, 9.17) is 0 Å². The van der Waals surface area contributed by atoms with Gasteiger partial charge in [0.05, 0.1) is 4.90 Å². The number of benzene rings is 1. The molecule has 0 heterocycles. The van der Waals surface area contributed by atoms with Crippen LogP contribution in [0.3, 0.4) is 0 Å². The van der Waals surface area contributed by atoms with E-state index in [1.54, 1.807) is 24.3 Å². The number of aryl methyl sites for hydroxylation is 1. The van der Waals surface area contributed by atoms with Gasteiger partial charge >= 0.3 is 0 Å². The van der Waals surface area contributed by atoms with Crippen LogP contribution in [0.15, 0.2) is 34.3 Å². The fourth-order valence-corrected chi connectivity index (χ4v) is 7.90. The van der Waals surface area contributed by atoms with Crippen LogP contribution in [0.5, 0.6) is 0 Å². The van der Waals surface area contributed by atoms with Crippen LogP contribution in [0.2, 0.25) is 0 Å². The maximum absolute atomic E-state index is 12.4. The molecular weight excluding hydrogens is 308 g/mol. The molecule has 0 amide bonds. The van der Waals surface area contributed by atoms with Gasteiger partial charge in [-0.2, -0.15) is 0 Å². The molecule has 5 fully saturated rings. The molecule has 0 aromatic heterocycles. The van der Waals surface area contributed by atoms with E-state index in [1.807, 2.05) is 6.92 Å². The smallest absolute Gasteiger partial charge is 0.135 e. The Labute approximate surface area is 136 Å². The van der Waals surface area contributed by atoms with Crippen molar-refractivity contribution in [3.05, 3.63) is 34.7 Å². The van der Waals surface area contributed by atoms with Crippen molar-refractivity contribution >= 4 is 15.7 Å². The summed E-state index contributed by atoms with van der Waals surface area (Å²) in [6.45, 7) is 1.94. The fourth-order valence-electron chi connectivity index (χ4n) is 7.13. The SMILES string of the molecule is Cc1ccc(S(=O)(=O)[N-]/N=C2\C3C4CC5C2C2C3CC4C52)cc1. The molecular formula is C18H19N2O2S-. The Kier molecular flexibility index (Phi) is 2.16. The minimum absolute atomic E-state index is 0.245. The molecule has 1 aromatic carbocycles. The van der Waals surface area contributed by atoms with Gasteiger partial charge in [-0.25, -0.2) is 8.42 Å². The molecule has 2 bridgehead atoms. The van der Waals surface area contributed by atoms with Crippen LogP contribution in [-0.4, -0.2) is 14.1 Å². The number of nitrogens with zero attached hydrogens (tertiary/aromatic N) is 2. The van der Waals surface area contributed by atoms with Gasteiger partial charge < -0.3 is 9.93 Å². The van der Waals surface area contributed by atoms with Crippen molar-refractivity contribution in [2.24, 2.45) is 52.4 Å². The molecule has 4 nitrogen and oxygen atoms in total. The first-order valence-electron chi connectivity index (χ1n) is 8.68. The van der Waals surface area contributed by atoms with Crippen LogP contribution in [0.25, 0.3) is 4.83 Å².